The van der Waals surface area contributed by atoms with E-state index in [4.69, 9.17) is 9.47 Å². The lowest BCUT2D eigenvalue weighted by Crippen LogP contribution is -2.59. The number of anilines is 1. The maximum atomic E-state index is 12.6. The average molecular weight is 402 g/mol. The molecule has 3 heterocycles. The molecular formula is C19H26N6O4. The lowest BCUT2D eigenvalue weighted by Gasteiger charge is -2.44. The van der Waals surface area contributed by atoms with E-state index in [1.807, 2.05) is 39.5 Å². The number of fused-ring (bicyclic) bond motifs is 1. The van der Waals surface area contributed by atoms with Gasteiger partial charge in [-0.3, -0.25) is 9.88 Å². The number of esters is 1. The molecule has 0 aromatic carbocycles. The molecule has 2 aromatic rings. The molecule has 0 N–H and O–H groups in total. The fourth-order valence-electron chi connectivity index (χ4n) is 3.48. The third-order valence-electron chi connectivity index (χ3n) is 4.58. The molecule has 156 valence electrons. The van der Waals surface area contributed by atoms with Crippen molar-refractivity contribution in [2.75, 3.05) is 25.1 Å². The van der Waals surface area contributed by atoms with Crippen LogP contribution in [0.5, 0.6) is 0 Å². The lowest BCUT2D eigenvalue weighted by molar-refractivity contribution is 0.00559. The van der Waals surface area contributed by atoms with Crippen molar-refractivity contribution in [2.45, 2.75) is 52.3 Å². The van der Waals surface area contributed by atoms with E-state index in [0.29, 0.717) is 29.9 Å². The maximum Gasteiger partial charge on any atom is 0.410 e. The summed E-state index contributed by atoms with van der Waals surface area (Å²) >= 11 is 0. The Labute approximate surface area is 169 Å². The molecule has 1 saturated heterocycles. The molecular weight excluding hydrogens is 376 g/mol. The molecule has 2 aromatic heterocycles. The van der Waals surface area contributed by atoms with Crippen molar-refractivity contribution < 1.29 is 19.1 Å². The second-order valence-corrected chi connectivity index (χ2v) is 8.11. The number of aromatic nitrogens is 4. The monoisotopic (exact) mass is 402 g/mol. The molecule has 1 fully saturated rings. The Hall–Kier alpha value is -3.04. The summed E-state index contributed by atoms with van der Waals surface area (Å²) in [5, 5.41) is 8.27. The van der Waals surface area contributed by atoms with Gasteiger partial charge in [-0.05, 0) is 34.6 Å². The first-order valence-corrected chi connectivity index (χ1v) is 9.44. The van der Waals surface area contributed by atoms with Crippen molar-refractivity contribution in [1.29, 1.82) is 0 Å². The second kappa shape index (κ2) is 7.76. The third-order valence-corrected chi connectivity index (χ3v) is 4.58. The molecule has 0 unspecified atom stereocenters. The fraction of sp³-hybridized carbons (Fsp3) is 0.579. The maximum absolute atomic E-state index is 12.6. The van der Waals surface area contributed by atoms with E-state index in [-0.39, 0.29) is 23.9 Å². The van der Waals surface area contributed by atoms with Crippen molar-refractivity contribution >= 4 is 28.9 Å². The number of carbonyl (C=O) groups is 2. The number of nitrogens with zero attached hydrogens (tertiary/aromatic N) is 6. The quantitative estimate of drug-likeness (QED) is 0.697. The molecule has 0 bridgehead atoms. The largest absolute Gasteiger partial charge is 0.464 e. The Balaban J connectivity index is 1.91. The number of carbonyl (C=O) groups excluding carboxylic acids is 2. The molecule has 0 aliphatic carbocycles. The highest BCUT2D eigenvalue weighted by molar-refractivity contribution is 6.02. The van der Waals surface area contributed by atoms with Gasteiger partial charge in [0.15, 0.2) is 11.5 Å². The molecule has 0 radical (unpaired) electrons. The van der Waals surface area contributed by atoms with Crippen LogP contribution in [0, 0.1) is 0 Å². The smallest absolute Gasteiger partial charge is 0.410 e. The molecule has 2 atom stereocenters. The number of methoxy groups -OCH3 is 1. The van der Waals surface area contributed by atoms with E-state index in [9.17, 15) is 9.59 Å². The van der Waals surface area contributed by atoms with Gasteiger partial charge in [-0.2, -0.15) is 0 Å². The van der Waals surface area contributed by atoms with Crippen molar-refractivity contribution in [3.63, 3.8) is 0 Å². The van der Waals surface area contributed by atoms with Gasteiger partial charge in [0.2, 0.25) is 0 Å². The minimum Gasteiger partial charge on any atom is -0.464 e. The van der Waals surface area contributed by atoms with E-state index in [1.54, 1.807) is 11.1 Å². The van der Waals surface area contributed by atoms with Crippen molar-refractivity contribution in [1.82, 2.24) is 25.1 Å². The molecule has 0 spiro atoms. The topological polar surface area (TPSA) is 111 Å². The lowest BCUT2D eigenvalue weighted by atomic mass is 10.1. The average Bonchev–Trinajstić information content (AvgIpc) is 2.64. The van der Waals surface area contributed by atoms with Crippen molar-refractivity contribution in [3.05, 3.63) is 18.1 Å². The molecule has 1 amide bonds. The van der Waals surface area contributed by atoms with Gasteiger partial charge in [-0.1, -0.05) is 0 Å². The van der Waals surface area contributed by atoms with Gasteiger partial charge < -0.3 is 14.4 Å². The number of hydrogen-bond donors (Lipinski definition) is 0. The van der Waals surface area contributed by atoms with Gasteiger partial charge >= 0.3 is 12.1 Å². The zero-order valence-electron chi connectivity index (χ0n) is 17.5. The SMILES string of the molecule is COC(=O)c1nnc(N2C[C@@H](C)N(C(=O)OC(C)(C)C)[C@@H](C)C2)c2nccnc12. The zero-order valence-corrected chi connectivity index (χ0v) is 17.5. The Kier molecular flexibility index (Phi) is 5.54. The summed E-state index contributed by atoms with van der Waals surface area (Å²) < 4.78 is 10.3. The molecule has 0 saturated carbocycles. The highest BCUT2D eigenvalue weighted by atomic mass is 16.6. The zero-order chi connectivity index (χ0) is 21.3. The fourth-order valence-corrected chi connectivity index (χ4v) is 3.48. The summed E-state index contributed by atoms with van der Waals surface area (Å²) in [5.74, 6) is -0.102. The van der Waals surface area contributed by atoms with Crippen LogP contribution in [0.3, 0.4) is 0 Å². The first-order chi connectivity index (χ1) is 13.6. The van der Waals surface area contributed by atoms with Gasteiger partial charge in [0.05, 0.1) is 19.2 Å². The standard InChI is InChI=1S/C19H26N6O4/c1-11-9-24(10-12(2)25(11)18(27)29-19(3,4)5)16-14-13(20-7-8-21-14)15(22-23-16)17(26)28-6/h7-8,11-12H,9-10H2,1-6H3/t11-,12+. The van der Waals surface area contributed by atoms with Gasteiger partial charge in [-0.25, -0.2) is 14.6 Å². The van der Waals surface area contributed by atoms with Gasteiger partial charge in [0.25, 0.3) is 0 Å². The number of rotatable bonds is 2. The van der Waals surface area contributed by atoms with Gasteiger partial charge in [0, 0.05) is 25.5 Å². The van der Waals surface area contributed by atoms with Crippen LogP contribution in [0.15, 0.2) is 12.4 Å². The van der Waals surface area contributed by atoms with E-state index in [1.165, 1.54) is 13.3 Å². The summed E-state index contributed by atoms with van der Waals surface area (Å²) in [6.07, 6.45) is 2.69. The predicted molar refractivity (Wildman–Crippen MR) is 106 cm³/mol. The minimum atomic E-state index is -0.619. The number of amides is 1. The number of ether oxygens (including phenoxy) is 2. The summed E-state index contributed by atoms with van der Waals surface area (Å²) in [6.45, 7) is 10.5. The Morgan fingerprint density at radius 2 is 1.62 bits per heavy atom. The molecule has 3 rings (SSSR count). The summed E-state index contributed by atoms with van der Waals surface area (Å²) in [6, 6.07) is -0.246. The second-order valence-electron chi connectivity index (χ2n) is 8.11. The van der Waals surface area contributed by atoms with E-state index in [0.717, 1.165) is 0 Å². The highest BCUT2D eigenvalue weighted by Gasteiger charge is 2.37. The summed E-state index contributed by atoms with van der Waals surface area (Å²) in [4.78, 5) is 37.0. The number of hydrogen-bond acceptors (Lipinski definition) is 9. The van der Waals surface area contributed by atoms with Gasteiger partial charge in [0.1, 0.15) is 16.6 Å². The Bertz CT molecular complexity index is 917. The van der Waals surface area contributed by atoms with Crippen LogP contribution in [0.25, 0.3) is 11.0 Å². The molecule has 1 aliphatic rings. The first-order valence-electron chi connectivity index (χ1n) is 9.44. The molecule has 10 nitrogen and oxygen atoms in total. The molecule has 1 aliphatic heterocycles. The summed E-state index contributed by atoms with van der Waals surface area (Å²) in [7, 11) is 1.28. The van der Waals surface area contributed by atoms with Crippen LogP contribution in [-0.2, 0) is 9.47 Å². The van der Waals surface area contributed by atoms with E-state index >= 15 is 0 Å². The van der Waals surface area contributed by atoms with Crippen LogP contribution >= 0.6 is 0 Å². The van der Waals surface area contributed by atoms with Crippen molar-refractivity contribution in [2.24, 2.45) is 0 Å². The van der Waals surface area contributed by atoms with E-state index in [2.05, 4.69) is 20.2 Å². The third kappa shape index (κ3) is 4.20. The van der Waals surface area contributed by atoms with Crippen LogP contribution in [0.2, 0.25) is 0 Å². The normalized spacial score (nSPS) is 19.9. The molecule has 29 heavy (non-hydrogen) atoms. The van der Waals surface area contributed by atoms with Crippen LogP contribution in [0.4, 0.5) is 10.6 Å². The Morgan fingerprint density at radius 1 is 1.03 bits per heavy atom. The van der Waals surface area contributed by atoms with Crippen LogP contribution in [0.1, 0.15) is 45.1 Å². The predicted octanol–water partition coefficient (Wildman–Crippen LogP) is 2.04. The van der Waals surface area contributed by atoms with Crippen LogP contribution < -0.4 is 4.90 Å². The van der Waals surface area contributed by atoms with Gasteiger partial charge in [-0.15, -0.1) is 10.2 Å². The number of piperazine rings is 1. The van der Waals surface area contributed by atoms with Crippen LogP contribution in [-0.4, -0.2) is 75.0 Å². The minimum absolute atomic E-state index is 0.0211. The summed E-state index contributed by atoms with van der Waals surface area (Å²) in [5.41, 5.74) is 0.259. The van der Waals surface area contributed by atoms with Crippen molar-refractivity contribution in [3.8, 4) is 0 Å². The Morgan fingerprint density at radius 3 is 2.17 bits per heavy atom. The van der Waals surface area contributed by atoms with E-state index < -0.39 is 11.6 Å². The molecule has 10 heteroatoms. The first kappa shape index (κ1) is 20.7. The highest BCUT2D eigenvalue weighted by Crippen LogP contribution is 2.27.